The second-order valence-electron chi connectivity index (χ2n) is 20.6. The van der Waals surface area contributed by atoms with Gasteiger partial charge in [-0.1, -0.05) is 140 Å². The molecule has 1 aromatic heterocycles. The third-order valence-corrected chi connectivity index (χ3v) is 16.4. The minimum absolute atomic E-state index is 0. The Morgan fingerprint density at radius 3 is 0.857 bits per heavy atom. The van der Waals surface area contributed by atoms with E-state index in [0.29, 0.717) is 23.7 Å². The van der Waals surface area contributed by atoms with E-state index < -0.39 is 0 Å². The molecule has 6 fully saturated rings. The second kappa shape index (κ2) is 26.1. The van der Waals surface area contributed by atoms with Gasteiger partial charge in [0.1, 0.15) is 0 Å². The van der Waals surface area contributed by atoms with Crippen molar-refractivity contribution in [3.8, 4) is 0 Å². The summed E-state index contributed by atoms with van der Waals surface area (Å²) in [4.78, 5) is 16.5. The smallest absolute Gasteiger partial charge is 1.00 e. The molecule has 3 nitrogen and oxygen atoms in total. The molecule has 1 heterocycles. The van der Waals surface area contributed by atoms with Crippen molar-refractivity contribution in [3.63, 3.8) is 0 Å². The summed E-state index contributed by atoms with van der Waals surface area (Å²) < 4.78 is 0. The van der Waals surface area contributed by atoms with Gasteiger partial charge in [0, 0.05) is 0 Å². The van der Waals surface area contributed by atoms with Crippen LogP contribution in [0, 0.1) is 6.92 Å². The van der Waals surface area contributed by atoms with Crippen molar-refractivity contribution in [2.75, 3.05) is 0 Å². The van der Waals surface area contributed by atoms with E-state index in [1.807, 2.05) is 0 Å². The van der Waals surface area contributed by atoms with Gasteiger partial charge < -0.3 is 37.2 Å². The van der Waals surface area contributed by atoms with Crippen LogP contribution in [0.15, 0.2) is 46.4 Å². The number of aliphatic imine (C=N–C) groups is 2. The van der Waals surface area contributed by atoms with Gasteiger partial charge in [0.15, 0.2) is 0 Å². The molecule has 0 radical (unpaired) electrons. The average molecular weight is 950 g/mol. The number of halogens is 3. The fraction of sp³-hybridized carbons (Fsp3) is 0.661. The van der Waals surface area contributed by atoms with Crippen LogP contribution in [0.4, 0.5) is 11.4 Å². The Morgan fingerprint density at radius 2 is 0.603 bits per heavy atom. The van der Waals surface area contributed by atoms with Gasteiger partial charge >= 0.3 is 18.6 Å². The number of aryl methyl sites for hydroxylation is 1. The summed E-state index contributed by atoms with van der Waals surface area (Å²) in [5, 5.41) is 0. The van der Waals surface area contributed by atoms with Gasteiger partial charge in [0.25, 0.3) is 0 Å². The molecule has 9 rings (SSSR count). The van der Waals surface area contributed by atoms with E-state index in [2.05, 4.69) is 55.8 Å². The van der Waals surface area contributed by atoms with Gasteiger partial charge in [-0.15, -0.1) is 0 Å². The molecule has 7 heteroatoms. The zero-order valence-corrected chi connectivity index (χ0v) is 42.4. The molecule has 0 saturated heterocycles. The SMILES string of the molecule is Cc1cc(C=Nc2c(C3CCCCC3)cc(C3CCCCC3)cc2C2CCCCC2)nc(C=Nc2c(C3CCCCC3)cc(C3CCCCC3)cc2C2CCCCC2)c1.[Cl-].[Cl-].[Cl-].[V+3]. The fourth-order valence-corrected chi connectivity index (χ4v) is 13.1. The van der Waals surface area contributed by atoms with Crippen LogP contribution in [-0.2, 0) is 18.6 Å². The number of benzene rings is 2. The van der Waals surface area contributed by atoms with E-state index in [-0.39, 0.29) is 55.8 Å². The molecule has 6 saturated carbocycles. The van der Waals surface area contributed by atoms with Crippen LogP contribution in [0.2, 0.25) is 0 Å². The molecule has 0 atom stereocenters. The maximum absolute atomic E-state index is 5.59. The molecule has 0 bridgehead atoms. The van der Waals surface area contributed by atoms with Crippen LogP contribution in [-0.4, -0.2) is 17.4 Å². The maximum atomic E-state index is 5.59. The Bertz CT molecular complexity index is 1690. The molecule has 0 amide bonds. The van der Waals surface area contributed by atoms with E-state index in [1.54, 1.807) is 33.4 Å². The van der Waals surface area contributed by atoms with Crippen molar-refractivity contribution in [3.05, 3.63) is 86.7 Å². The summed E-state index contributed by atoms with van der Waals surface area (Å²) in [5.74, 6) is 4.00. The Morgan fingerprint density at radius 1 is 0.365 bits per heavy atom. The molecular weight excluding hydrogens is 872 g/mol. The number of rotatable bonds is 10. The summed E-state index contributed by atoms with van der Waals surface area (Å²) >= 11 is 0. The quantitative estimate of drug-likeness (QED) is 0.189. The third-order valence-electron chi connectivity index (χ3n) is 16.4. The largest absolute Gasteiger partial charge is 3.00 e. The first-order valence-corrected chi connectivity index (χ1v) is 25.6. The molecule has 0 aliphatic heterocycles. The molecule has 2 aromatic carbocycles. The molecule has 0 N–H and O–H groups in total. The summed E-state index contributed by atoms with van der Waals surface area (Å²) in [6.07, 6.45) is 45.1. The Kier molecular flexibility index (Phi) is 21.7. The van der Waals surface area contributed by atoms with E-state index in [1.165, 1.54) is 210 Å². The van der Waals surface area contributed by atoms with Gasteiger partial charge in [-0.05, 0) is 171 Å². The topological polar surface area (TPSA) is 37.6 Å². The number of pyridine rings is 1. The van der Waals surface area contributed by atoms with Crippen LogP contribution >= 0.6 is 0 Å². The van der Waals surface area contributed by atoms with Crippen LogP contribution in [0.3, 0.4) is 0 Å². The molecule has 342 valence electrons. The van der Waals surface area contributed by atoms with Crippen molar-refractivity contribution in [1.82, 2.24) is 4.98 Å². The maximum Gasteiger partial charge on any atom is 3.00 e. The normalized spacial score (nSPS) is 21.7. The molecular formula is C56H77Cl3N3V. The van der Waals surface area contributed by atoms with Crippen molar-refractivity contribution in [1.29, 1.82) is 0 Å². The zero-order chi connectivity index (χ0) is 39.8. The van der Waals surface area contributed by atoms with E-state index in [9.17, 15) is 0 Å². The summed E-state index contributed by atoms with van der Waals surface area (Å²) in [6.45, 7) is 2.23. The molecule has 6 aliphatic rings. The van der Waals surface area contributed by atoms with Gasteiger partial charge in [-0.3, -0.25) is 9.98 Å². The van der Waals surface area contributed by atoms with E-state index in [4.69, 9.17) is 15.0 Å². The molecule has 3 aromatic rings. The monoisotopic (exact) mass is 947 g/mol. The van der Waals surface area contributed by atoms with Crippen molar-refractivity contribution in [2.24, 2.45) is 9.98 Å². The number of nitrogens with zero attached hydrogens (tertiary/aromatic N) is 3. The summed E-state index contributed by atoms with van der Waals surface area (Å²) in [6, 6.07) is 15.2. The Balaban J connectivity index is 0.00000187. The zero-order valence-electron chi connectivity index (χ0n) is 38.7. The minimum atomic E-state index is 0. The first kappa shape index (κ1) is 52.4. The van der Waals surface area contributed by atoms with Gasteiger partial charge in [0.2, 0.25) is 0 Å². The third kappa shape index (κ3) is 13.3. The average Bonchev–Trinajstić information content (AvgIpc) is 3.31. The summed E-state index contributed by atoms with van der Waals surface area (Å²) in [7, 11) is 0. The van der Waals surface area contributed by atoms with Crippen molar-refractivity contribution < 1.29 is 55.8 Å². The second-order valence-corrected chi connectivity index (χ2v) is 20.6. The fourth-order valence-electron chi connectivity index (χ4n) is 13.1. The van der Waals surface area contributed by atoms with E-state index >= 15 is 0 Å². The Labute approximate surface area is 413 Å². The van der Waals surface area contributed by atoms with Gasteiger partial charge in [-0.2, -0.15) is 0 Å². The van der Waals surface area contributed by atoms with Crippen LogP contribution in [0.1, 0.15) is 278 Å². The minimum Gasteiger partial charge on any atom is -1.00 e. The molecule has 0 spiro atoms. The van der Waals surface area contributed by atoms with Crippen LogP contribution in [0.25, 0.3) is 0 Å². The predicted octanol–water partition coefficient (Wildman–Crippen LogP) is 8.19. The van der Waals surface area contributed by atoms with Crippen molar-refractivity contribution >= 4 is 23.8 Å². The first-order valence-electron chi connectivity index (χ1n) is 25.6. The number of hydrogen-bond donors (Lipinski definition) is 0. The van der Waals surface area contributed by atoms with Crippen LogP contribution < -0.4 is 37.2 Å². The number of aromatic nitrogens is 1. The predicted molar refractivity (Wildman–Crippen MR) is 251 cm³/mol. The standard InChI is InChI=1S/C56H77N3.3ClH.V/c1-40-32-49(38-57-55-51(43-24-12-4-13-25-43)34-47(41-20-8-2-9-21-41)35-52(55)44-26-14-5-15-27-44)59-50(33-40)39-58-56-53(45-28-16-6-17-29-45)36-48(42-22-10-3-11-23-42)37-54(56)46-30-18-7-19-31-46;;;;/h32-39,41-46H,2-31H2,1H3;3*1H;/q;;;;+3/p-3. The first-order chi connectivity index (χ1) is 29.2. The molecule has 6 aliphatic carbocycles. The van der Waals surface area contributed by atoms with Crippen LogP contribution in [0.5, 0.6) is 0 Å². The summed E-state index contributed by atoms with van der Waals surface area (Å²) in [5.41, 5.74) is 15.4. The molecule has 63 heavy (non-hydrogen) atoms. The molecule has 0 unspecified atom stereocenters. The van der Waals surface area contributed by atoms with Crippen molar-refractivity contribution in [2.45, 2.75) is 235 Å². The Hall–Kier alpha value is -1.62. The van der Waals surface area contributed by atoms with E-state index in [0.717, 1.165) is 23.2 Å². The van der Waals surface area contributed by atoms with Gasteiger partial charge in [0.05, 0.1) is 35.2 Å². The number of hydrogen-bond acceptors (Lipinski definition) is 3. The van der Waals surface area contributed by atoms with Gasteiger partial charge in [-0.25, -0.2) is 4.98 Å².